The number of hydrogen-bond acceptors (Lipinski definition) is 2. The number of hydrogen-bond donors (Lipinski definition) is 2. The smallest absolute Gasteiger partial charge is 0.300 e. The van der Waals surface area contributed by atoms with Crippen LogP contribution in [-0.4, -0.2) is 36.7 Å². The first-order valence-electron chi connectivity index (χ1n) is 6.49. The number of carboxylic acid groups (broad SMARTS) is 2. The molecule has 0 unspecified atom stereocenters. The molecule has 2 aliphatic rings. The van der Waals surface area contributed by atoms with E-state index in [2.05, 4.69) is 14.6 Å². The molecule has 0 bridgehead atoms. The maximum atomic E-state index is 9.00. The molecule has 2 N–H and O–H groups in total. The Morgan fingerprint density at radius 1 is 0.944 bits per heavy atom. The van der Waals surface area contributed by atoms with Gasteiger partial charge in [-0.2, -0.15) is 0 Å². The van der Waals surface area contributed by atoms with Crippen LogP contribution in [0.5, 0.6) is 0 Å². The van der Waals surface area contributed by atoms with Gasteiger partial charge in [-0.25, -0.2) is 0 Å². The van der Waals surface area contributed by atoms with Gasteiger partial charge in [0.05, 0.1) is 0 Å². The van der Waals surface area contributed by atoms with E-state index in [0.29, 0.717) is 0 Å². The van der Waals surface area contributed by atoms with Crippen molar-refractivity contribution in [3.8, 4) is 0 Å². The van der Waals surface area contributed by atoms with Crippen LogP contribution in [0.15, 0.2) is 0 Å². The highest BCUT2D eigenvalue weighted by atomic mass is 16.4. The summed E-state index contributed by atoms with van der Waals surface area (Å²) in [7, 11) is 5.07. The number of carboxylic acids is 2. The van der Waals surface area contributed by atoms with Crippen molar-refractivity contribution >= 4 is 26.5 Å². The van der Waals surface area contributed by atoms with E-state index in [9.17, 15) is 0 Å². The molecule has 2 radical (unpaired) electrons. The predicted molar refractivity (Wildman–Crippen MR) is 73.4 cm³/mol. The fourth-order valence-electron chi connectivity index (χ4n) is 2.39. The van der Waals surface area contributed by atoms with Crippen molar-refractivity contribution in [2.45, 2.75) is 57.9 Å². The number of fused-ring (bicyclic) bond motifs is 1. The van der Waals surface area contributed by atoms with Crippen LogP contribution in [0, 0.1) is 5.92 Å². The molecule has 0 amide bonds. The SMILES string of the molecule is CC(=O)O.CC(=O)O.[B]1CCCC2CCC[B]C12. The third kappa shape index (κ3) is 10.2. The van der Waals surface area contributed by atoms with Crippen molar-refractivity contribution in [3.05, 3.63) is 0 Å². The molecule has 0 aromatic heterocycles. The average Bonchev–Trinajstić information content (AvgIpc) is 2.28. The summed E-state index contributed by atoms with van der Waals surface area (Å²) >= 11 is 0. The van der Waals surface area contributed by atoms with E-state index in [-0.39, 0.29) is 0 Å². The van der Waals surface area contributed by atoms with E-state index < -0.39 is 11.9 Å². The molecule has 4 nitrogen and oxygen atoms in total. The lowest BCUT2D eigenvalue weighted by molar-refractivity contribution is -0.135. The molecule has 6 heteroatoms. The van der Waals surface area contributed by atoms with Crippen molar-refractivity contribution < 1.29 is 19.8 Å². The Kier molecular flexibility index (Phi) is 9.52. The van der Waals surface area contributed by atoms with Crippen LogP contribution in [0.25, 0.3) is 0 Å². The first kappa shape index (κ1) is 17.1. The van der Waals surface area contributed by atoms with Gasteiger partial charge < -0.3 is 10.2 Å². The Labute approximate surface area is 111 Å². The highest BCUT2D eigenvalue weighted by Gasteiger charge is 2.27. The van der Waals surface area contributed by atoms with Gasteiger partial charge in [-0.05, 0) is 0 Å². The largest absolute Gasteiger partial charge is 0.481 e. The summed E-state index contributed by atoms with van der Waals surface area (Å²) in [5, 5.41) is 14.8. The molecule has 0 saturated carbocycles. The average molecular weight is 252 g/mol. The van der Waals surface area contributed by atoms with Crippen molar-refractivity contribution in [3.63, 3.8) is 0 Å². The van der Waals surface area contributed by atoms with Crippen molar-refractivity contribution in [2.24, 2.45) is 5.92 Å². The lowest BCUT2D eigenvalue weighted by Gasteiger charge is -2.34. The second-order valence-electron chi connectivity index (χ2n) is 4.71. The third-order valence-electron chi connectivity index (χ3n) is 2.98. The van der Waals surface area contributed by atoms with E-state index in [1.165, 1.54) is 38.3 Å². The first-order chi connectivity index (χ1) is 8.43. The van der Waals surface area contributed by atoms with Crippen molar-refractivity contribution in [2.75, 3.05) is 0 Å². The molecule has 2 heterocycles. The maximum Gasteiger partial charge on any atom is 0.300 e. The second kappa shape index (κ2) is 10.0. The van der Waals surface area contributed by atoms with Crippen molar-refractivity contribution in [1.29, 1.82) is 0 Å². The van der Waals surface area contributed by atoms with Gasteiger partial charge in [0.1, 0.15) is 14.6 Å². The quantitative estimate of drug-likeness (QED) is 0.649. The molecular weight excluding hydrogens is 230 g/mol. The summed E-state index contributed by atoms with van der Waals surface area (Å²) in [6.07, 6.45) is 8.65. The highest BCUT2D eigenvalue weighted by Crippen LogP contribution is 2.36. The summed E-state index contributed by atoms with van der Waals surface area (Å²) in [5.74, 6) is -0.623. The molecule has 2 saturated heterocycles. The van der Waals surface area contributed by atoms with Crippen molar-refractivity contribution in [1.82, 2.24) is 0 Å². The van der Waals surface area contributed by atoms with E-state index >= 15 is 0 Å². The predicted octanol–water partition coefficient (Wildman–Crippen LogP) is 2.36. The molecule has 2 fully saturated rings. The Bertz CT molecular complexity index is 212. The normalized spacial score (nSPS) is 24.6. The van der Waals surface area contributed by atoms with Gasteiger partial charge in [0, 0.05) is 13.8 Å². The van der Waals surface area contributed by atoms with E-state index in [1.807, 2.05) is 0 Å². The molecule has 2 aliphatic heterocycles. The van der Waals surface area contributed by atoms with Gasteiger partial charge in [0.25, 0.3) is 11.9 Å². The maximum absolute atomic E-state index is 9.00. The molecule has 0 atom stereocenters. The number of carbonyl (C=O) groups is 2. The Morgan fingerprint density at radius 2 is 1.28 bits per heavy atom. The zero-order valence-corrected chi connectivity index (χ0v) is 11.3. The number of aliphatic carboxylic acids is 2. The molecule has 2 rings (SSSR count). The fourth-order valence-corrected chi connectivity index (χ4v) is 2.39. The fraction of sp³-hybridized carbons (Fsp3) is 0.833. The van der Waals surface area contributed by atoms with E-state index in [4.69, 9.17) is 19.8 Å². The van der Waals surface area contributed by atoms with Crippen LogP contribution >= 0.6 is 0 Å². The third-order valence-corrected chi connectivity index (χ3v) is 2.98. The molecule has 0 aromatic rings. The van der Waals surface area contributed by atoms with Crippen LogP contribution in [-0.2, 0) is 9.59 Å². The van der Waals surface area contributed by atoms with Crippen LogP contribution < -0.4 is 0 Å². The van der Waals surface area contributed by atoms with Crippen LogP contribution in [0.4, 0.5) is 0 Å². The zero-order chi connectivity index (χ0) is 14.0. The summed E-state index contributed by atoms with van der Waals surface area (Å²) in [5.41, 5.74) is 0.905. The van der Waals surface area contributed by atoms with Gasteiger partial charge in [-0.3, -0.25) is 9.59 Å². The standard InChI is InChI=1S/C8H14B2.2C2H4O2/c1-3-7-4-2-6-10-8(7)9-5-1;2*1-2(3)4/h7-8H,1-6H2;2*1H3,(H,3,4). The van der Waals surface area contributed by atoms with Gasteiger partial charge >= 0.3 is 0 Å². The van der Waals surface area contributed by atoms with Gasteiger partial charge in [0.2, 0.25) is 0 Å². The minimum Gasteiger partial charge on any atom is -0.481 e. The van der Waals surface area contributed by atoms with Crippen LogP contribution in [0.1, 0.15) is 39.5 Å². The Hall–Kier alpha value is -0.930. The molecule has 18 heavy (non-hydrogen) atoms. The van der Waals surface area contributed by atoms with Crippen LogP contribution in [0.2, 0.25) is 18.4 Å². The van der Waals surface area contributed by atoms with Gasteiger partial charge in [-0.1, -0.05) is 50.0 Å². The zero-order valence-electron chi connectivity index (χ0n) is 11.3. The summed E-state index contributed by atoms with van der Waals surface area (Å²) in [4.78, 5) is 18.0. The monoisotopic (exact) mass is 252 g/mol. The summed E-state index contributed by atoms with van der Waals surface area (Å²) < 4.78 is 0. The Morgan fingerprint density at radius 3 is 1.56 bits per heavy atom. The van der Waals surface area contributed by atoms with Gasteiger partial charge in [-0.15, -0.1) is 0 Å². The minimum atomic E-state index is -0.833. The summed E-state index contributed by atoms with van der Waals surface area (Å²) in [6.45, 7) is 2.17. The lowest BCUT2D eigenvalue weighted by atomic mass is 9.34. The lowest BCUT2D eigenvalue weighted by Crippen LogP contribution is -2.28. The highest BCUT2D eigenvalue weighted by molar-refractivity contribution is 6.59. The van der Waals surface area contributed by atoms with Gasteiger partial charge in [0.15, 0.2) is 0 Å². The first-order valence-corrected chi connectivity index (χ1v) is 6.49. The molecular formula is C12H22B2O4. The van der Waals surface area contributed by atoms with E-state index in [0.717, 1.165) is 25.5 Å². The summed E-state index contributed by atoms with van der Waals surface area (Å²) in [6, 6.07) is 0. The molecule has 0 aromatic carbocycles. The minimum absolute atomic E-state index is 0.833. The topological polar surface area (TPSA) is 74.6 Å². The molecule has 0 spiro atoms. The Balaban J connectivity index is 0.000000307. The number of rotatable bonds is 0. The van der Waals surface area contributed by atoms with Crippen LogP contribution in [0.3, 0.4) is 0 Å². The second-order valence-corrected chi connectivity index (χ2v) is 4.71. The molecule has 100 valence electrons. The van der Waals surface area contributed by atoms with E-state index in [1.54, 1.807) is 0 Å². The molecule has 0 aliphatic carbocycles.